The summed E-state index contributed by atoms with van der Waals surface area (Å²) in [6.07, 6.45) is 6.04. The van der Waals surface area contributed by atoms with Gasteiger partial charge in [0.15, 0.2) is 0 Å². The third-order valence-corrected chi connectivity index (χ3v) is 3.60. The lowest BCUT2D eigenvalue weighted by molar-refractivity contribution is -0.00311. The summed E-state index contributed by atoms with van der Waals surface area (Å²) in [7, 11) is 0. The molecule has 2 atom stereocenters. The van der Waals surface area contributed by atoms with E-state index in [1.165, 1.54) is 19.3 Å². The first-order valence-corrected chi connectivity index (χ1v) is 6.45. The van der Waals surface area contributed by atoms with Crippen LogP contribution in [0, 0.1) is 5.92 Å². The van der Waals surface area contributed by atoms with Crippen LogP contribution in [0.2, 0.25) is 0 Å². The van der Waals surface area contributed by atoms with E-state index in [2.05, 4.69) is 0 Å². The fraction of sp³-hybridized carbons (Fsp3) is 0.923. The molecule has 0 aromatic heterocycles. The summed E-state index contributed by atoms with van der Waals surface area (Å²) in [5.74, 6) is 0.859. The summed E-state index contributed by atoms with van der Waals surface area (Å²) in [5, 5.41) is 0. The van der Waals surface area contributed by atoms with E-state index in [1.54, 1.807) is 0 Å². The van der Waals surface area contributed by atoms with Crippen molar-refractivity contribution in [3.05, 3.63) is 0 Å². The second-order valence-corrected chi connectivity index (χ2v) is 6.15. The second kappa shape index (κ2) is 4.27. The number of hydrogen-bond donors (Lipinski definition) is 0. The lowest BCUT2D eigenvalue weighted by atomic mass is 9.80. The molecular formula is C13H23NO2. The molecule has 0 N–H and O–H groups in total. The quantitative estimate of drug-likeness (QED) is 0.633. The number of fused-ring (bicyclic) bond motifs is 2. The van der Waals surface area contributed by atoms with Crippen LogP contribution in [-0.4, -0.2) is 29.2 Å². The van der Waals surface area contributed by atoms with Crippen molar-refractivity contribution in [2.75, 3.05) is 6.54 Å². The van der Waals surface area contributed by atoms with Crippen molar-refractivity contribution in [3.63, 3.8) is 0 Å². The number of nitrogens with zero attached hydrogens (tertiary/aromatic N) is 1. The molecule has 1 aliphatic carbocycles. The Kier molecular flexibility index (Phi) is 3.13. The van der Waals surface area contributed by atoms with Gasteiger partial charge in [-0.2, -0.15) is 0 Å². The molecule has 1 amide bonds. The lowest BCUT2D eigenvalue weighted by Crippen LogP contribution is -2.49. The zero-order valence-corrected chi connectivity index (χ0v) is 10.7. The van der Waals surface area contributed by atoms with Crippen molar-refractivity contribution >= 4 is 6.09 Å². The van der Waals surface area contributed by atoms with Crippen LogP contribution in [-0.2, 0) is 4.74 Å². The molecule has 0 aromatic carbocycles. The van der Waals surface area contributed by atoms with Crippen molar-refractivity contribution in [2.45, 2.75) is 64.5 Å². The van der Waals surface area contributed by atoms with E-state index in [4.69, 9.17) is 4.74 Å². The van der Waals surface area contributed by atoms with E-state index in [1.807, 2.05) is 25.7 Å². The average molecular weight is 225 g/mol. The van der Waals surface area contributed by atoms with Crippen molar-refractivity contribution in [2.24, 2.45) is 5.92 Å². The van der Waals surface area contributed by atoms with Crippen LogP contribution in [0.3, 0.4) is 0 Å². The first kappa shape index (κ1) is 11.7. The Hall–Kier alpha value is -0.730. The number of hydrogen-bond acceptors (Lipinski definition) is 2. The summed E-state index contributed by atoms with van der Waals surface area (Å²) in [5.41, 5.74) is -0.372. The molecule has 92 valence electrons. The van der Waals surface area contributed by atoms with Crippen molar-refractivity contribution in [3.8, 4) is 0 Å². The van der Waals surface area contributed by atoms with Gasteiger partial charge in [-0.1, -0.05) is 12.8 Å². The van der Waals surface area contributed by atoms with Gasteiger partial charge in [-0.25, -0.2) is 4.79 Å². The van der Waals surface area contributed by atoms with Crippen LogP contribution in [0.1, 0.15) is 52.9 Å². The van der Waals surface area contributed by atoms with E-state index in [0.717, 1.165) is 25.3 Å². The van der Waals surface area contributed by atoms with Gasteiger partial charge >= 0.3 is 6.09 Å². The Morgan fingerprint density at radius 2 is 2.00 bits per heavy atom. The van der Waals surface area contributed by atoms with Gasteiger partial charge in [0.25, 0.3) is 0 Å². The van der Waals surface area contributed by atoms with Crippen LogP contribution >= 0.6 is 0 Å². The van der Waals surface area contributed by atoms with Crippen LogP contribution in [0.25, 0.3) is 0 Å². The summed E-state index contributed by atoms with van der Waals surface area (Å²) in [4.78, 5) is 14.0. The van der Waals surface area contributed by atoms with Crippen molar-refractivity contribution in [1.29, 1.82) is 0 Å². The topological polar surface area (TPSA) is 29.5 Å². The van der Waals surface area contributed by atoms with E-state index in [9.17, 15) is 4.79 Å². The fourth-order valence-electron chi connectivity index (χ4n) is 2.87. The molecule has 1 saturated heterocycles. The predicted molar refractivity (Wildman–Crippen MR) is 63.3 cm³/mol. The Bertz CT molecular complexity index is 270. The number of carbonyl (C=O) groups is 1. The lowest BCUT2D eigenvalue weighted by Gasteiger charge is -2.43. The first-order valence-electron chi connectivity index (χ1n) is 6.45. The summed E-state index contributed by atoms with van der Waals surface area (Å²) in [6.45, 7) is 6.68. The third kappa shape index (κ3) is 2.69. The highest BCUT2D eigenvalue weighted by molar-refractivity contribution is 5.68. The van der Waals surface area contributed by atoms with E-state index in [0.29, 0.717) is 6.04 Å². The molecule has 2 aliphatic rings. The van der Waals surface area contributed by atoms with Crippen LogP contribution in [0.15, 0.2) is 0 Å². The maximum Gasteiger partial charge on any atom is 0.410 e. The molecule has 2 bridgehead atoms. The monoisotopic (exact) mass is 225 g/mol. The minimum absolute atomic E-state index is 0.113. The maximum atomic E-state index is 12.0. The van der Waals surface area contributed by atoms with Crippen LogP contribution in [0.4, 0.5) is 4.79 Å². The van der Waals surface area contributed by atoms with Gasteiger partial charge in [0.1, 0.15) is 5.60 Å². The molecule has 0 spiro atoms. The standard InChI is InChI=1S/C13H23NO2/c1-13(2,3)16-12(15)14-8-7-10-5-4-6-11(14)9-10/h10-11H,4-9H2,1-3H3/t10-,11-/m1/s1. The molecule has 0 radical (unpaired) electrons. The Labute approximate surface area is 98.1 Å². The summed E-state index contributed by atoms with van der Waals surface area (Å²) < 4.78 is 5.46. The summed E-state index contributed by atoms with van der Waals surface area (Å²) in [6, 6.07) is 0.447. The number of carbonyl (C=O) groups excluding carboxylic acids is 1. The normalized spacial score (nSPS) is 30.1. The molecule has 1 heterocycles. The average Bonchev–Trinajstić information content (AvgIpc) is 2.15. The number of likely N-dealkylation sites (tertiary alicyclic amines) is 1. The summed E-state index contributed by atoms with van der Waals surface area (Å²) >= 11 is 0. The number of amides is 1. The predicted octanol–water partition coefficient (Wildman–Crippen LogP) is 3.19. The molecule has 3 heteroatoms. The maximum absolute atomic E-state index is 12.0. The molecule has 2 rings (SSSR count). The fourth-order valence-corrected chi connectivity index (χ4v) is 2.87. The highest BCUT2D eigenvalue weighted by atomic mass is 16.6. The van der Waals surface area contributed by atoms with E-state index < -0.39 is 0 Å². The number of rotatable bonds is 0. The van der Waals surface area contributed by atoms with Gasteiger partial charge < -0.3 is 9.64 Å². The Morgan fingerprint density at radius 3 is 2.69 bits per heavy atom. The highest BCUT2D eigenvalue weighted by Crippen LogP contribution is 2.35. The first-order chi connectivity index (χ1) is 7.46. The molecule has 1 saturated carbocycles. The van der Waals surface area contributed by atoms with Crippen molar-refractivity contribution < 1.29 is 9.53 Å². The molecule has 0 unspecified atom stereocenters. The molecule has 3 nitrogen and oxygen atoms in total. The van der Waals surface area contributed by atoms with Gasteiger partial charge in [0.05, 0.1) is 0 Å². The molecule has 0 aromatic rings. The SMILES string of the molecule is CC(C)(C)OC(=O)N1CC[C@H]2CCC[C@@H]1C2. The smallest absolute Gasteiger partial charge is 0.410 e. The van der Waals surface area contributed by atoms with Gasteiger partial charge in [-0.15, -0.1) is 0 Å². The zero-order valence-electron chi connectivity index (χ0n) is 10.7. The van der Waals surface area contributed by atoms with Crippen molar-refractivity contribution in [1.82, 2.24) is 4.90 Å². The molecule has 1 aliphatic heterocycles. The van der Waals surface area contributed by atoms with E-state index >= 15 is 0 Å². The molecule has 2 fully saturated rings. The van der Waals surface area contributed by atoms with Crippen LogP contribution in [0.5, 0.6) is 0 Å². The van der Waals surface area contributed by atoms with Gasteiger partial charge in [-0.05, 0) is 46.0 Å². The van der Waals surface area contributed by atoms with Gasteiger partial charge in [0.2, 0.25) is 0 Å². The number of ether oxygens (including phenoxy) is 1. The second-order valence-electron chi connectivity index (χ2n) is 6.15. The molecule has 16 heavy (non-hydrogen) atoms. The largest absolute Gasteiger partial charge is 0.444 e. The van der Waals surface area contributed by atoms with E-state index in [-0.39, 0.29) is 11.7 Å². The Balaban J connectivity index is 1.96. The Morgan fingerprint density at radius 1 is 1.25 bits per heavy atom. The minimum Gasteiger partial charge on any atom is -0.444 e. The third-order valence-electron chi connectivity index (χ3n) is 3.60. The zero-order chi connectivity index (χ0) is 11.8. The van der Waals surface area contributed by atoms with Crippen LogP contribution < -0.4 is 0 Å². The number of piperidine rings is 1. The van der Waals surface area contributed by atoms with Gasteiger partial charge in [0, 0.05) is 12.6 Å². The minimum atomic E-state index is -0.372. The van der Waals surface area contributed by atoms with Gasteiger partial charge in [-0.3, -0.25) is 0 Å². The molecular weight excluding hydrogens is 202 g/mol. The highest BCUT2D eigenvalue weighted by Gasteiger charge is 2.36.